The Hall–Kier alpha value is -0.0266. The van der Waals surface area contributed by atoms with Gasteiger partial charge < -0.3 is 15.6 Å². The fraction of sp³-hybridized carbons (Fsp3) is 0.900. The molecule has 92 valence electrons. The van der Waals surface area contributed by atoms with E-state index in [1.807, 2.05) is 13.8 Å². The summed E-state index contributed by atoms with van der Waals surface area (Å²) >= 11 is 0. The van der Waals surface area contributed by atoms with Gasteiger partial charge in [-0.1, -0.05) is 27.7 Å². The van der Waals surface area contributed by atoms with E-state index in [4.69, 9.17) is 16.2 Å². The van der Waals surface area contributed by atoms with Gasteiger partial charge in [0.25, 0.3) is 0 Å². The number of nitrogens with two attached hydrogens (primary N) is 2. The van der Waals surface area contributed by atoms with Crippen molar-refractivity contribution >= 4 is 5.97 Å². The Bertz CT molecular complexity index is 220. The van der Waals surface area contributed by atoms with E-state index in [0.29, 0.717) is 0 Å². The molecule has 2 unspecified atom stereocenters. The summed E-state index contributed by atoms with van der Waals surface area (Å²) < 4.78 is 4.90. The van der Waals surface area contributed by atoms with Crippen LogP contribution in [0.2, 0.25) is 0 Å². The molecule has 0 amide bonds. The molecule has 0 heterocycles. The molecule has 0 aliphatic rings. The monoisotopic (exact) mass is 282 g/mol. The third kappa shape index (κ3) is 6.53. The van der Waals surface area contributed by atoms with E-state index in [2.05, 4.69) is 0 Å². The second-order valence-corrected chi connectivity index (χ2v) is 4.52. The number of rotatable bonds is 5. The van der Waals surface area contributed by atoms with Gasteiger partial charge in [0.15, 0.2) is 6.23 Å². The maximum atomic E-state index is 11.3. The molecule has 5 nitrogen and oxygen atoms in total. The van der Waals surface area contributed by atoms with Gasteiger partial charge in [-0.15, -0.1) is 0 Å². The molecule has 6 heteroatoms. The summed E-state index contributed by atoms with van der Waals surface area (Å²) in [7, 11) is 0. The van der Waals surface area contributed by atoms with Gasteiger partial charge >= 0.3 is 5.97 Å². The van der Waals surface area contributed by atoms with E-state index in [9.17, 15) is 9.90 Å². The third-order valence-electron chi connectivity index (χ3n) is 2.35. The van der Waals surface area contributed by atoms with Crippen LogP contribution in [0.5, 0.6) is 0 Å². The molecule has 0 aromatic heterocycles. The minimum Gasteiger partial charge on any atom is -0.446 e. The summed E-state index contributed by atoms with van der Waals surface area (Å²) in [5.74, 6) is -0.755. The zero-order chi connectivity index (χ0) is 12.2. The standard InChI is InChI=1S/C10H22N2O3.Zn/c1-6(2)9(11)15-8(13)5-10(12,14)7(3)4;/h6-7,9,14H,5,11-12H2,1-4H3;. The Kier molecular flexibility index (Phi) is 8.40. The number of hydrogen-bond acceptors (Lipinski definition) is 5. The molecule has 0 aromatic rings. The predicted octanol–water partition coefficient (Wildman–Crippen LogP) is 0.161. The Balaban J connectivity index is 0. The summed E-state index contributed by atoms with van der Waals surface area (Å²) in [4.78, 5) is 11.3. The molecule has 0 rings (SSSR count). The molecule has 2 atom stereocenters. The molecule has 0 aliphatic carbocycles. The zero-order valence-electron chi connectivity index (χ0n) is 10.6. The van der Waals surface area contributed by atoms with Crippen LogP contribution in [0.3, 0.4) is 0 Å². The van der Waals surface area contributed by atoms with Crippen molar-refractivity contribution in [3.8, 4) is 0 Å². The van der Waals surface area contributed by atoms with Crippen LogP contribution >= 0.6 is 0 Å². The number of hydrogen-bond donors (Lipinski definition) is 3. The molecule has 0 saturated heterocycles. The number of aliphatic hydroxyl groups is 1. The summed E-state index contributed by atoms with van der Waals surface area (Å²) in [5.41, 5.74) is 9.54. The van der Waals surface area contributed by atoms with Crippen LogP contribution in [0.4, 0.5) is 0 Å². The van der Waals surface area contributed by atoms with E-state index in [0.717, 1.165) is 0 Å². The number of carbonyl (C=O) groups is 1. The first-order valence-electron chi connectivity index (χ1n) is 5.13. The van der Waals surface area contributed by atoms with Gasteiger partial charge in [-0.25, -0.2) is 0 Å². The fourth-order valence-corrected chi connectivity index (χ4v) is 0.765. The van der Waals surface area contributed by atoms with Crippen molar-refractivity contribution in [2.24, 2.45) is 23.3 Å². The van der Waals surface area contributed by atoms with Crippen LogP contribution in [0.15, 0.2) is 0 Å². The van der Waals surface area contributed by atoms with E-state index >= 15 is 0 Å². The largest absolute Gasteiger partial charge is 0.446 e. The summed E-state index contributed by atoms with van der Waals surface area (Å²) in [6, 6.07) is 0. The maximum Gasteiger partial charge on any atom is 0.311 e. The van der Waals surface area contributed by atoms with Gasteiger partial charge in [-0.2, -0.15) is 0 Å². The van der Waals surface area contributed by atoms with Gasteiger partial charge in [0.1, 0.15) is 5.72 Å². The minimum absolute atomic E-state index is 0. The average molecular weight is 284 g/mol. The molecule has 0 saturated carbocycles. The van der Waals surface area contributed by atoms with Crippen LogP contribution in [0, 0.1) is 11.8 Å². The van der Waals surface area contributed by atoms with Crippen LogP contribution in [0.25, 0.3) is 0 Å². The smallest absolute Gasteiger partial charge is 0.311 e. The van der Waals surface area contributed by atoms with Gasteiger partial charge in [-0.05, 0) is 5.92 Å². The molecular formula is C10H22N2O3Zn. The van der Waals surface area contributed by atoms with E-state index in [-0.39, 0.29) is 37.7 Å². The van der Waals surface area contributed by atoms with Gasteiger partial charge in [0.05, 0.1) is 6.42 Å². The summed E-state index contributed by atoms with van der Waals surface area (Å²) in [6.07, 6.45) is -0.897. The first-order valence-corrected chi connectivity index (χ1v) is 5.13. The molecule has 0 aliphatic heterocycles. The first-order chi connectivity index (χ1) is 6.66. The van der Waals surface area contributed by atoms with Crippen LogP contribution < -0.4 is 11.5 Å². The molecular weight excluding hydrogens is 262 g/mol. The van der Waals surface area contributed by atoms with Crippen molar-refractivity contribution in [3.05, 3.63) is 0 Å². The average Bonchev–Trinajstić information content (AvgIpc) is 2.01. The Morgan fingerprint density at radius 3 is 2.12 bits per heavy atom. The molecule has 0 bridgehead atoms. The molecule has 5 N–H and O–H groups in total. The van der Waals surface area contributed by atoms with Crippen LogP contribution in [-0.2, 0) is 29.0 Å². The van der Waals surface area contributed by atoms with Gasteiger partial charge in [0, 0.05) is 25.4 Å². The predicted molar refractivity (Wildman–Crippen MR) is 57.5 cm³/mol. The molecule has 0 radical (unpaired) electrons. The quantitative estimate of drug-likeness (QED) is 0.379. The van der Waals surface area contributed by atoms with Crippen molar-refractivity contribution in [1.29, 1.82) is 0 Å². The van der Waals surface area contributed by atoms with E-state index < -0.39 is 17.9 Å². The van der Waals surface area contributed by atoms with Crippen molar-refractivity contribution in [2.45, 2.75) is 46.1 Å². The van der Waals surface area contributed by atoms with Crippen molar-refractivity contribution in [3.63, 3.8) is 0 Å². The second-order valence-electron chi connectivity index (χ2n) is 4.52. The number of esters is 1. The molecule has 0 spiro atoms. The van der Waals surface area contributed by atoms with Crippen molar-refractivity contribution in [2.75, 3.05) is 0 Å². The SMILES string of the molecule is CC(C)C(N)OC(=O)CC(N)(O)C(C)C.[Zn]. The number of ether oxygens (including phenoxy) is 1. The zero-order valence-corrected chi connectivity index (χ0v) is 13.5. The Morgan fingerprint density at radius 1 is 1.38 bits per heavy atom. The Morgan fingerprint density at radius 2 is 1.81 bits per heavy atom. The normalized spacial score (nSPS) is 16.6. The molecule has 0 aromatic carbocycles. The molecule has 16 heavy (non-hydrogen) atoms. The van der Waals surface area contributed by atoms with Crippen molar-refractivity contribution < 1.29 is 34.1 Å². The Labute approximate surface area is 110 Å². The minimum atomic E-state index is -1.53. The van der Waals surface area contributed by atoms with Crippen LogP contribution in [0.1, 0.15) is 34.1 Å². The molecule has 0 fully saturated rings. The third-order valence-corrected chi connectivity index (χ3v) is 2.35. The number of carbonyl (C=O) groups excluding carboxylic acids is 1. The van der Waals surface area contributed by atoms with E-state index in [1.54, 1.807) is 13.8 Å². The van der Waals surface area contributed by atoms with Gasteiger partial charge in [-0.3, -0.25) is 10.5 Å². The van der Waals surface area contributed by atoms with Crippen LogP contribution in [-0.4, -0.2) is 23.0 Å². The topological polar surface area (TPSA) is 98.6 Å². The fourth-order valence-electron chi connectivity index (χ4n) is 0.765. The summed E-state index contributed by atoms with van der Waals surface area (Å²) in [5, 5.41) is 9.65. The van der Waals surface area contributed by atoms with Gasteiger partial charge in [0.2, 0.25) is 0 Å². The second kappa shape index (κ2) is 7.33. The maximum absolute atomic E-state index is 11.3. The van der Waals surface area contributed by atoms with Crippen molar-refractivity contribution in [1.82, 2.24) is 0 Å². The van der Waals surface area contributed by atoms with E-state index in [1.165, 1.54) is 0 Å². The first kappa shape index (κ1) is 18.3. The summed E-state index contributed by atoms with van der Waals surface area (Å²) in [6.45, 7) is 7.15.